The minimum Gasteiger partial charge on any atom is -0.488 e. The zero-order chi connectivity index (χ0) is 31.3. The third kappa shape index (κ3) is 6.56. The first kappa shape index (κ1) is 31.0. The molecule has 0 atom stereocenters. The summed E-state index contributed by atoms with van der Waals surface area (Å²) in [5.74, 6) is 0.650. The van der Waals surface area contributed by atoms with Gasteiger partial charge in [0.15, 0.2) is 5.82 Å². The maximum atomic E-state index is 12.1. The molecule has 9 heteroatoms. The van der Waals surface area contributed by atoms with E-state index >= 15 is 0 Å². The van der Waals surface area contributed by atoms with Crippen molar-refractivity contribution in [2.45, 2.75) is 84.8 Å². The molecule has 4 heterocycles. The molecule has 6 rings (SSSR count). The zero-order valence-corrected chi connectivity index (χ0v) is 26.7. The molecule has 1 fully saturated rings. The first-order valence-corrected chi connectivity index (χ1v) is 16.4. The van der Waals surface area contributed by atoms with Crippen LogP contribution in [0.3, 0.4) is 0 Å². The number of fused-ring (bicyclic) bond motifs is 1. The predicted molar refractivity (Wildman–Crippen MR) is 174 cm³/mol. The van der Waals surface area contributed by atoms with Gasteiger partial charge in [-0.25, -0.2) is 9.67 Å². The highest BCUT2D eigenvalue weighted by Gasteiger charge is 2.26. The average Bonchev–Trinajstić information content (AvgIpc) is 3.36. The van der Waals surface area contributed by atoms with Crippen LogP contribution in [0, 0.1) is 11.8 Å². The van der Waals surface area contributed by atoms with E-state index in [0.29, 0.717) is 30.6 Å². The molecule has 0 bridgehead atoms. The van der Waals surface area contributed by atoms with Crippen LogP contribution in [0.25, 0.3) is 11.4 Å². The molecule has 0 spiro atoms. The van der Waals surface area contributed by atoms with Gasteiger partial charge in [-0.1, -0.05) is 37.6 Å². The number of carbonyl (C=O) groups is 1. The van der Waals surface area contributed by atoms with E-state index in [1.54, 1.807) is 4.68 Å². The molecule has 0 N–H and O–H groups in total. The topological polar surface area (TPSA) is 98.9 Å². The third-order valence-electron chi connectivity index (χ3n) is 9.60. The highest BCUT2D eigenvalue weighted by molar-refractivity contribution is 5.95. The number of rotatable bonds is 9. The largest absolute Gasteiger partial charge is 0.488 e. The number of nitroso groups, excluding NO2 is 1. The van der Waals surface area contributed by atoms with Crippen molar-refractivity contribution < 1.29 is 14.3 Å². The molecular weight excluding hydrogens is 566 g/mol. The number of aromatic nitrogens is 3. The minimum absolute atomic E-state index is 0.225. The number of pyridine rings is 1. The molecule has 45 heavy (non-hydrogen) atoms. The molecule has 1 aliphatic carbocycles. The lowest BCUT2D eigenvalue weighted by Crippen LogP contribution is -2.40. The number of carbonyl (C=O) groups excluding carboxylic acids is 1. The fourth-order valence-electron chi connectivity index (χ4n) is 7.06. The Balaban J connectivity index is 1.21. The van der Waals surface area contributed by atoms with Gasteiger partial charge in [0.2, 0.25) is 0 Å². The summed E-state index contributed by atoms with van der Waals surface area (Å²) < 4.78 is 13.9. The Bertz CT molecular complexity index is 1630. The molecular formula is C36H43N5O4. The van der Waals surface area contributed by atoms with Crippen molar-refractivity contribution in [2.24, 2.45) is 5.18 Å². The number of hydrogen-bond acceptors (Lipinski definition) is 7. The van der Waals surface area contributed by atoms with Crippen LogP contribution in [0.1, 0.15) is 90.0 Å². The van der Waals surface area contributed by atoms with E-state index in [1.807, 2.05) is 25.1 Å². The van der Waals surface area contributed by atoms with Crippen molar-refractivity contribution in [3.63, 3.8) is 0 Å². The van der Waals surface area contributed by atoms with Crippen LogP contribution in [-0.4, -0.2) is 57.9 Å². The van der Waals surface area contributed by atoms with Gasteiger partial charge in [0.25, 0.3) is 0 Å². The van der Waals surface area contributed by atoms with E-state index in [9.17, 15) is 9.70 Å². The monoisotopic (exact) mass is 609 g/mol. The van der Waals surface area contributed by atoms with Gasteiger partial charge >= 0.3 is 5.91 Å². The highest BCUT2D eigenvalue weighted by atomic mass is 16.5. The van der Waals surface area contributed by atoms with Gasteiger partial charge in [0, 0.05) is 43.1 Å². The van der Waals surface area contributed by atoms with Gasteiger partial charge in [-0.3, -0.25) is 9.69 Å². The SMILES string of the molecule is CCCc1c(C(=O)N=O)cnn1-c1cccc(C2=CCCC(C)=C2OCc2ccc3c(c2C)CCN(C2CCOCC2)CC3)n1. The smallest absolute Gasteiger partial charge is 0.320 e. The lowest BCUT2D eigenvalue weighted by molar-refractivity contribution is 0.0355. The maximum Gasteiger partial charge on any atom is 0.320 e. The van der Waals surface area contributed by atoms with Gasteiger partial charge in [0.1, 0.15) is 12.4 Å². The predicted octanol–water partition coefficient (Wildman–Crippen LogP) is 6.68. The lowest BCUT2D eigenvalue weighted by Gasteiger charge is -2.33. The Labute approximate surface area is 265 Å². The summed E-state index contributed by atoms with van der Waals surface area (Å²) in [7, 11) is 0. The van der Waals surface area contributed by atoms with E-state index in [1.165, 1.54) is 34.0 Å². The zero-order valence-electron chi connectivity index (χ0n) is 26.7. The highest BCUT2D eigenvalue weighted by Crippen LogP contribution is 2.34. The number of allylic oxidation sites excluding steroid dienone is 3. The summed E-state index contributed by atoms with van der Waals surface area (Å²) in [6.07, 6.45) is 11.2. The van der Waals surface area contributed by atoms with Crippen LogP contribution in [0.4, 0.5) is 0 Å². The second-order valence-corrected chi connectivity index (χ2v) is 12.4. The van der Waals surface area contributed by atoms with Gasteiger partial charge in [-0.05, 0) is 98.8 Å². The lowest BCUT2D eigenvalue weighted by atomic mass is 9.93. The average molecular weight is 610 g/mol. The van der Waals surface area contributed by atoms with E-state index in [2.05, 4.69) is 47.2 Å². The Kier molecular flexibility index (Phi) is 9.66. The van der Waals surface area contributed by atoms with Crippen molar-refractivity contribution in [1.29, 1.82) is 0 Å². The number of hydrogen-bond donors (Lipinski definition) is 0. The van der Waals surface area contributed by atoms with Crippen molar-refractivity contribution in [1.82, 2.24) is 19.7 Å². The van der Waals surface area contributed by atoms with Crippen molar-refractivity contribution in [2.75, 3.05) is 26.3 Å². The van der Waals surface area contributed by atoms with Gasteiger partial charge in [0.05, 0.1) is 23.1 Å². The summed E-state index contributed by atoms with van der Waals surface area (Å²) in [6.45, 7) is 10.9. The van der Waals surface area contributed by atoms with Crippen LogP contribution >= 0.6 is 0 Å². The molecule has 2 aromatic heterocycles. The molecule has 3 aromatic rings. The van der Waals surface area contributed by atoms with Crippen molar-refractivity contribution in [3.05, 3.63) is 98.0 Å². The Morgan fingerprint density at radius 3 is 2.71 bits per heavy atom. The molecule has 9 nitrogen and oxygen atoms in total. The third-order valence-corrected chi connectivity index (χ3v) is 9.60. The van der Waals surface area contributed by atoms with E-state index in [0.717, 1.165) is 88.3 Å². The quantitative estimate of drug-likeness (QED) is 0.250. The summed E-state index contributed by atoms with van der Waals surface area (Å²) in [5, 5.41) is 7.04. The van der Waals surface area contributed by atoms with Crippen LogP contribution in [0.2, 0.25) is 0 Å². The molecule has 1 aromatic carbocycles. The number of amides is 1. The standard InChI is InChI=1S/C36H43N5O4/c1-4-7-33-31(36(42)39-43)22-37-41(33)34-11-6-10-32(38-34)30-9-5-8-24(2)35(30)45-23-27-13-12-26-14-18-40(19-15-29(26)25(27)3)28-16-20-44-21-17-28/h6,9-13,22,28H,4-5,7-8,14-21,23H2,1-3H3. The minimum atomic E-state index is -0.810. The fourth-order valence-corrected chi connectivity index (χ4v) is 7.06. The molecule has 236 valence electrons. The Morgan fingerprint density at radius 2 is 1.91 bits per heavy atom. The number of ether oxygens (including phenoxy) is 2. The Hall–Kier alpha value is -3.95. The summed E-state index contributed by atoms with van der Waals surface area (Å²) >= 11 is 0. The van der Waals surface area contributed by atoms with Gasteiger partial charge in [-0.15, -0.1) is 4.91 Å². The van der Waals surface area contributed by atoms with Crippen LogP contribution in [0.5, 0.6) is 0 Å². The number of benzene rings is 1. The second-order valence-electron chi connectivity index (χ2n) is 12.4. The molecule has 1 amide bonds. The molecule has 2 aliphatic heterocycles. The van der Waals surface area contributed by atoms with Crippen LogP contribution in [0.15, 0.2) is 59.1 Å². The van der Waals surface area contributed by atoms with Crippen LogP contribution in [-0.2, 0) is 35.3 Å². The Morgan fingerprint density at radius 1 is 1.09 bits per heavy atom. The summed E-state index contributed by atoms with van der Waals surface area (Å²) in [6, 6.07) is 11.0. The maximum absolute atomic E-state index is 12.1. The van der Waals surface area contributed by atoms with Crippen molar-refractivity contribution in [3.8, 4) is 5.82 Å². The molecule has 0 unspecified atom stereocenters. The fraction of sp³-hybridized carbons (Fsp3) is 0.472. The molecule has 3 aliphatic rings. The van der Waals surface area contributed by atoms with E-state index in [4.69, 9.17) is 14.5 Å². The van der Waals surface area contributed by atoms with Crippen molar-refractivity contribution >= 4 is 11.5 Å². The second kappa shape index (κ2) is 14.0. The summed E-state index contributed by atoms with van der Waals surface area (Å²) in [5.41, 5.74) is 9.34. The van der Waals surface area contributed by atoms with Crippen LogP contribution < -0.4 is 0 Å². The van der Waals surface area contributed by atoms with E-state index in [-0.39, 0.29) is 5.56 Å². The number of nitrogens with zero attached hydrogens (tertiary/aromatic N) is 5. The molecule has 0 radical (unpaired) electrons. The van der Waals surface area contributed by atoms with Gasteiger partial charge in [-0.2, -0.15) is 5.10 Å². The van der Waals surface area contributed by atoms with E-state index < -0.39 is 5.91 Å². The van der Waals surface area contributed by atoms with Gasteiger partial charge < -0.3 is 9.47 Å². The first-order valence-electron chi connectivity index (χ1n) is 16.4. The molecule has 1 saturated heterocycles. The molecule has 0 saturated carbocycles. The normalized spacial score (nSPS) is 17.9. The summed E-state index contributed by atoms with van der Waals surface area (Å²) in [4.78, 5) is 30.8. The first-order chi connectivity index (χ1) is 22.0.